The predicted molar refractivity (Wildman–Crippen MR) is 81.8 cm³/mol. The van der Waals surface area contributed by atoms with Crippen LogP contribution in [0.2, 0.25) is 5.02 Å². The summed E-state index contributed by atoms with van der Waals surface area (Å²) in [4.78, 5) is 7.88. The maximum absolute atomic E-state index is 12.5. The molecular formula is C14H10ClN3O2S. The van der Waals surface area contributed by atoms with Crippen molar-refractivity contribution in [3.63, 3.8) is 0 Å². The van der Waals surface area contributed by atoms with Crippen LogP contribution in [0, 0.1) is 0 Å². The molecular weight excluding hydrogens is 310 g/mol. The number of benzene rings is 2. The van der Waals surface area contributed by atoms with Crippen LogP contribution in [0.3, 0.4) is 0 Å². The number of rotatable bonds is 3. The van der Waals surface area contributed by atoms with Gasteiger partial charge in [-0.15, -0.1) is 0 Å². The van der Waals surface area contributed by atoms with Gasteiger partial charge in [0.15, 0.2) is 5.82 Å². The van der Waals surface area contributed by atoms with Gasteiger partial charge in [-0.1, -0.05) is 35.9 Å². The fourth-order valence-corrected chi connectivity index (χ4v) is 3.45. The van der Waals surface area contributed by atoms with Crippen molar-refractivity contribution in [3.8, 4) is 0 Å². The number of aromatic nitrogens is 2. The number of hydrogen-bond acceptors (Lipinski definition) is 4. The van der Waals surface area contributed by atoms with Crippen molar-refractivity contribution in [2.75, 3.05) is 4.72 Å². The van der Waals surface area contributed by atoms with Crippen LogP contribution < -0.4 is 4.72 Å². The summed E-state index contributed by atoms with van der Waals surface area (Å²) in [6.07, 6.45) is 4.23. The molecule has 0 saturated heterocycles. The van der Waals surface area contributed by atoms with E-state index in [9.17, 15) is 8.42 Å². The zero-order chi connectivity index (χ0) is 14.9. The summed E-state index contributed by atoms with van der Waals surface area (Å²) >= 11 is 6.10. The molecule has 5 nitrogen and oxygen atoms in total. The van der Waals surface area contributed by atoms with Crippen molar-refractivity contribution in [1.29, 1.82) is 0 Å². The second-order valence-corrected chi connectivity index (χ2v) is 6.35. The van der Waals surface area contributed by atoms with E-state index in [1.54, 1.807) is 30.3 Å². The minimum atomic E-state index is -3.77. The van der Waals surface area contributed by atoms with E-state index in [0.29, 0.717) is 15.8 Å². The number of nitrogens with zero attached hydrogens (tertiary/aromatic N) is 2. The van der Waals surface area contributed by atoms with Gasteiger partial charge in [0.1, 0.15) is 0 Å². The lowest BCUT2D eigenvalue weighted by atomic mass is 10.1. The molecule has 0 fully saturated rings. The first kappa shape index (κ1) is 13.8. The van der Waals surface area contributed by atoms with Gasteiger partial charge in [0.25, 0.3) is 10.0 Å². The molecule has 0 aliphatic rings. The van der Waals surface area contributed by atoms with Crippen LogP contribution in [0.25, 0.3) is 10.8 Å². The molecule has 1 aromatic heterocycles. The molecule has 0 amide bonds. The Labute approximate surface area is 126 Å². The molecule has 0 aliphatic carbocycles. The van der Waals surface area contributed by atoms with Crippen LogP contribution in [-0.2, 0) is 10.0 Å². The Morgan fingerprint density at radius 3 is 2.48 bits per heavy atom. The molecule has 0 bridgehead atoms. The van der Waals surface area contributed by atoms with Gasteiger partial charge in [0, 0.05) is 28.2 Å². The van der Waals surface area contributed by atoms with E-state index in [1.807, 2.05) is 0 Å². The number of halogens is 1. The summed E-state index contributed by atoms with van der Waals surface area (Å²) in [5.74, 6) is 0.163. The van der Waals surface area contributed by atoms with E-state index in [2.05, 4.69) is 14.7 Å². The lowest BCUT2D eigenvalue weighted by molar-refractivity contribution is 0.602. The van der Waals surface area contributed by atoms with Gasteiger partial charge in [-0.25, -0.2) is 13.4 Å². The van der Waals surface area contributed by atoms with E-state index in [-0.39, 0.29) is 10.7 Å². The Bertz CT molecular complexity index is 898. The Kier molecular flexibility index (Phi) is 3.48. The molecule has 0 aliphatic heterocycles. The average molecular weight is 320 g/mol. The highest BCUT2D eigenvalue weighted by Gasteiger charge is 2.18. The van der Waals surface area contributed by atoms with Crippen molar-refractivity contribution >= 4 is 38.2 Å². The van der Waals surface area contributed by atoms with Crippen molar-refractivity contribution in [3.05, 3.63) is 60.0 Å². The third-order valence-corrected chi connectivity index (χ3v) is 4.66. The first-order chi connectivity index (χ1) is 10.1. The second-order valence-electron chi connectivity index (χ2n) is 4.29. The summed E-state index contributed by atoms with van der Waals surface area (Å²) in [5.41, 5.74) is 0. The smallest absolute Gasteiger partial charge is 0.262 e. The maximum atomic E-state index is 12.5. The molecule has 21 heavy (non-hydrogen) atoms. The second kappa shape index (κ2) is 5.31. The zero-order valence-corrected chi connectivity index (χ0v) is 12.3. The van der Waals surface area contributed by atoms with Crippen LogP contribution in [-0.4, -0.2) is 18.4 Å². The quantitative estimate of drug-likeness (QED) is 0.805. The molecule has 0 radical (unpaired) electrons. The minimum Gasteiger partial charge on any atom is -0.262 e. The number of fused-ring (bicyclic) bond motifs is 1. The fraction of sp³-hybridized carbons (Fsp3) is 0. The highest BCUT2D eigenvalue weighted by atomic mass is 35.5. The zero-order valence-electron chi connectivity index (χ0n) is 10.7. The monoisotopic (exact) mass is 319 g/mol. The Balaban J connectivity index is 2.14. The molecule has 1 N–H and O–H groups in total. The van der Waals surface area contributed by atoms with Gasteiger partial charge in [-0.2, -0.15) is 0 Å². The van der Waals surface area contributed by atoms with Gasteiger partial charge < -0.3 is 0 Å². The molecule has 0 atom stereocenters. The van der Waals surface area contributed by atoms with Crippen LogP contribution in [0.15, 0.2) is 59.9 Å². The minimum absolute atomic E-state index is 0.146. The molecule has 3 aromatic rings. The van der Waals surface area contributed by atoms with Gasteiger partial charge in [0.05, 0.1) is 11.1 Å². The summed E-state index contributed by atoms with van der Waals surface area (Å²) < 4.78 is 27.4. The number of anilines is 1. The summed E-state index contributed by atoms with van der Waals surface area (Å²) in [6.45, 7) is 0. The summed E-state index contributed by atoms with van der Waals surface area (Å²) in [6, 6.07) is 10.1. The molecule has 0 saturated carbocycles. The lowest BCUT2D eigenvalue weighted by Gasteiger charge is -2.10. The Morgan fingerprint density at radius 2 is 1.76 bits per heavy atom. The van der Waals surface area contributed by atoms with Crippen molar-refractivity contribution in [2.24, 2.45) is 0 Å². The highest BCUT2D eigenvalue weighted by molar-refractivity contribution is 7.93. The van der Waals surface area contributed by atoms with Gasteiger partial charge >= 0.3 is 0 Å². The predicted octanol–water partition coefficient (Wildman–Crippen LogP) is 3.08. The Morgan fingerprint density at radius 1 is 1.00 bits per heavy atom. The fourth-order valence-electron chi connectivity index (χ4n) is 2.01. The molecule has 3 rings (SSSR count). The molecule has 0 spiro atoms. The van der Waals surface area contributed by atoms with Crippen molar-refractivity contribution in [2.45, 2.75) is 4.90 Å². The van der Waals surface area contributed by atoms with E-state index in [4.69, 9.17) is 11.6 Å². The number of nitrogens with one attached hydrogen (secondary N) is 1. The van der Waals surface area contributed by atoms with Crippen molar-refractivity contribution in [1.82, 2.24) is 9.97 Å². The van der Waals surface area contributed by atoms with Gasteiger partial charge in [0.2, 0.25) is 0 Å². The van der Waals surface area contributed by atoms with E-state index < -0.39 is 10.0 Å². The normalized spacial score (nSPS) is 11.5. The highest BCUT2D eigenvalue weighted by Crippen LogP contribution is 2.29. The van der Waals surface area contributed by atoms with Crippen LogP contribution in [0.4, 0.5) is 5.82 Å². The topological polar surface area (TPSA) is 72.0 Å². The SMILES string of the molecule is O=S(=O)(Nc1cnccn1)c1ccc(Cl)c2ccccc12. The van der Waals surface area contributed by atoms with Crippen molar-refractivity contribution < 1.29 is 8.42 Å². The van der Waals surface area contributed by atoms with Gasteiger partial charge in [-0.05, 0) is 12.1 Å². The molecule has 7 heteroatoms. The van der Waals surface area contributed by atoms with E-state index >= 15 is 0 Å². The third kappa shape index (κ3) is 2.68. The molecule has 1 heterocycles. The van der Waals surface area contributed by atoms with E-state index in [0.717, 1.165) is 0 Å². The molecule has 0 unspecified atom stereocenters. The van der Waals surface area contributed by atoms with E-state index in [1.165, 1.54) is 24.7 Å². The molecule has 2 aromatic carbocycles. The third-order valence-electron chi connectivity index (χ3n) is 2.92. The van der Waals surface area contributed by atoms with Gasteiger partial charge in [-0.3, -0.25) is 9.71 Å². The van der Waals surface area contributed by atoms with Crippen LogP contribution >= 0.6 is 11.6 Å². The lowest BCUT2D eigenvalue weighted by Crippen LogP contribution is -2.14. The molecule has 106 valence electrons. The average Bonchev–Trinajstić information content (AvgIpc) is 2.48. The first-order valence-electron chi connectivity index (χ1n) is 6.04. The summed E-state index contributed by atoms with van der Waals surface area (Å²) in [5, 5.41) is 1.74. The van der Waals surface area contributed by atoms with Crippen LogP contribution in [0.5, 0.6) is 0 Å². The summed E-state index contributed by atoms with van der Waals surface area (Å²) in [7, 11) is -3.77. The standard InChI is InChI=1S/C14H10ClN3O2S/c15-12-5-6-13(11-4-2-1-3-10(11)12)21(19,20)18-14-9-16-7-8-17-14/h1-9H,(H,17,18). The van der Waals surface area contributed by atoms with Crippen LogP contribution in [0.1, 0.15) is 0 Å². The largest absolute Gasteiger partial charge is 0.263 e. The number of sulfonamides is 1. The maximum Gasteiger partial charge on any atom is 0.263 e. The first-order valence-corrected chi connectivity index (χ1v) is 7.90. The Hall–Kier alpha value is -2.18. The number of hydrogen-bond donors (Lipinski definition) is 1.